The molecule has 4 radical (unpaired) electrons. The molecule has 0 amide bonds. The summed E-state index contributed by atoms with van der Waals surface area (Å²) < 4.78 is 11.0. The predicted octanol–water partition coefficient (Wildman–Crippen LogP) is -2.04. The Balaban J connectivity index is 0.000000980. The van der Waals surface area contributed by atoms with E-state index >= 15 is 0 Å². The molecule has 0 aromatic heterocycles. The second-order valence-corrected chi connectivity index (χ2v) is 3.18. The van der Waals surface area contributed by atoms with Crippen molar-refractivity contribution in [2.45, 2.75) is 19.6 Å². The number of hydrogen-bond donors (Lipinski definition) is 1. The van der Waals surface area contributed by atoms with Gasteiger partial charge in [-0.2, -0.15) is 0 Å². The Labute approximate surface area is 114 Å². The van der Waals surface area contributed by atoms with Crippen LogP contribution in [-0.2, 0) is 6.61 Å². The van der Waals surface area contributed by atoms with Crippen LogP contribution in [0.3, 0.4) is 0 Å². The van der Waals surface area contributed by atoms with E-state index in [9.17, 15) is 0 Å². The third-order valence-electron chi connectivity index (χ3n) is 1.99. The summed E-state index contributed by atoms with van der Waals surface area (Å²) >= 11 is 0. The van der Waals surface area contributed by atoms with Crippen LogP contribution in [-0.4, -0.2) is 26.2 Å². The van der Waals surface area contributed by atoms with E-state index in [2.05, 4.69) is 0 Å². The number of aliphatic hydroxyl groups is 1. The molecule has 0 bridgehead atoms. The van der Waals surface area contributed by atoms with Gasteiger partial charge in [0.05, 0.1) is 6.61 Å². The van der Waals surface area contributed by atoms with Crippen LogP contribution in [0.2, 0.25) is 0 Å². The molecule has 1 aromatic rings. The number of fused-ring (bicyclic) bond motifs is 1. The second kappa shape index (κ2) is 6.43. The fraction of sp³-hybridized carbons (Fsp3) is 0.400. The van der Waals surface area contributed by atoms with Crippen molar-refractivity contribution in [3.63, 3.8) is 0 Å². The molecule has 1 aliphatic rings. The number of hydrogen-bond acceptors (Lipinski definition) is 3. The largest absolute Gasteiger partial charge is 1.00 e. The zero-order valence-corrected chi connectivity index (χ0v) is 11.1. The van der Waals surface area contributed by atoms with Gasteiger partial charge in [0.2, 0.25) is 0 Å². The van der Waals surface area contributed by atoms with Gasteiger partial charge in [0.15, 0.2) is 11.5 Å². The van der Waals surface area contributed by atoms with Gasteiger partial charge in [-0.25, -0.2) is 0 Å². The zero-order chi connectivity index (χ0) is 9.26. The van der Waals surface area contributed by atoms with Crippen LogP contribution < -0.4 is 39.0 Å². The zero-order valence-electron chi connectivity index (χ0n) is 9.06. The third kappa shape index (κ3) is 3.42. The molecule has 0 saturated heterocycles. The first-order valence-corrected chi connectivity index (χ1v) is 4.33. The van der Waals surface area contributed by atoms with Crippen molar-refractivity contribution in [1.82, 2.24) is 0 Å². The van der Waals surface area contributed by atoms with Gasteiger partial charge in [0.25, 0.3) is 0 Å². The molecule has 0 spiro atoms. The van der Waals surface area contributed by atoms with Gasteiger partial charge in [0, 0.05) is 0 Å². The van der Waals surface area contributed by atoms with Crippen LogP contribution >= 0.6 is 0 Å². The number of benzene rings is 1. The quantitative estimate of drug-likeness (QED) is 0.547. The van der Waals surface area contributed by atoms with E-state index in [0.717, 1.165) is 17.1 Å². The van der Waals surface area contributed by atoms with E-state index in [1.807, 2.05) is 19.1 Å². The molecular weight excluding hydrogens is 202 g/mol. The van der Waals surface area contributed by atoms with Crippen LogP contribution in [0.5, 0.6) is 11.5 Å². The van der Waals surface area contributed by atoms with Crippen LogP contribution in [0.4, 0.5) is 0 Å². The van der Waals surface area contributed by atoms with Gasteiger partial charge < -0.3 is 23.0 Å². The molecule has 1 N–H and O–H groups in total. The molecule has 0 saturated carbocycles. The molecule has 1 heterocycles. The molecule has 1 atom stereocenters. The topological polar surface area (TPSA) is 38.7 Å². The van der Waals surface area contributed by atoms with Crippen molar-refractivity contribution in [1.29, 1.82) is 0 Å². The molecule has 0 fully saturated rings. The van der Waals surface area contributed by atoms with Crippen LogP contribution in [0.15, 0.2) is 18.2 Å². The van der Waals surface area contributed by atoms with Gasteiger partial charge in [-0.15, -0.1) is 0 Å². The predicted molar refractivity (Wildman–Crippen MR) is 53.7 cm³/mol. The van der Waals surface area contributed by atoms with Crippen LogP contribution in [0.1, 0.15) is 12.5 Å². The Hall–Kier alpha value is -0.155. The molecule has 0 aliphatic carbocycles. The van der Waals surface area contributed by atoms with Gasteiger partial charge in [-0.05, 0) is 24.6 Å². The minimum Gasteiger partial charge on any atom is -1.00 e. The number of rotatable bonds is 1. The van der Waals surface area contributed by atoms with E-state index in [0.29, 0.717) is 6.61 Å². The van der Waals surface area contributed by atoms with Gasteiger partial charge in [-0.1, -0.05) is 6.07 Å². The number of ether oxygens (including phenoxy) is 2. The Bertz CT molecular complexity index is 320. The van der Waals surface area contributed by atoms with Crippen LogP contribution in [0, 0.1) is 0 Å². The molecule has 3 nitrogen and oxygen atoms in total. The average molecular weight is 214 g/mol. The van der Waals surface area contributed by atoms with Crippen molar-refractivity contribution < 1.29 is 44.1 Å². The minimum atomic E-state index is 0. The molecule has 1 aromatic carbocycles. The molecule has 1 aliphatic heterocycles. The van der Waals surface area contributed by atoms with Crippen molar-refractivity contribution in [2.75, 3.05) is 6.61 Å². The van der Waals surface area contributed by atoms with E-state index < -0.39 is 0 Å². The summed E-state index contributed by atoms with van der Waals surface area (Å²) in [6, 6.07) is 5.47. The molecule has 15 heavy (non-hydrogen) atoms. The maximum absolute atomic E-state index is 8.89. The summed E-state index contributed by atoms with van der Waals surface area (Å²) in [7, 11) is 0. The summed E-state index contributed by atoms with van der Waals surface area (Å²) in [5, 5.41) is 8.89. The molecule has 2 rings (SSSR count). The fourth-order valence-electron chi connectivity index (χ4n) is 1.32. The van der Waals surface area contributed by atoms with E-state index in [1.165, 1.54) is 0 Å². The standard InChI is InChI=1S/C10H12O3.B.Na/c1-7-6-12-10-4-8(5-11)2-3-9(10)13-7;;/h2-4,7,11H,5-6H2,1H3;;/q;-1;+1. The van der Waals surface area contributed by atoms with Gasteiger partial charge in [-0.3, -0.25) is 0 Å². The maximum Gasteiger partial charge on any atom is 1.00 e. The monoisotopic (exact) mass is 214 g/mol. The fourth-order valence-corrected chi connectivity index (χ4v) is 1.32. The Morgan fingerprint density at radius 3 is 2.80 bits per heavy atom. The van der Waals surface area contributed by atoms with E-state index in [-0.39, 0.29) is 50.7 Å². The summed E-state index contributed by atoms with van der Waals surface area (Å²) in [6.07, 6.45) is 0.104. The molecular formula is C10H12BNaO3. The number of aliphatic hydroxyl groups excluding tert-OH is 1. The second-order valence-electron chi connectivity index (χ2n) is 3.18. The average Bonchev–Trinajstić information content (AvgIpc) is 2.17. The maximum atomic E-state index is 8.89. The third-order valence-corrected chi connectivity index (χ3v) is 1.99. The van der Waals surface area contributed by atoms with Crippen molar-refractivity contribution in [2.24, 2.45) is 0 Å². The smallest absolute Gasteiger partial charge is 1.00 e. The van der Waals surface area contributed by atoms with Crippen molar-refractivity contribution in [3.05, 3.63) is 23.8 Å². The Morgan fingerprint density at radius 1 is 1.40 bits per heavy atom. The SMILES string of the molecule is CC1COc2cc(CO)ccc2O1.[B-].[Na+]. The Morgan fingerprint density at radius 2 is 2.13 bits per heavy atom. The summed E-state index contributed by atoms with van der Waals surface area (Å²) in [5.41, 5.74) is 0.844. The first kappa shape index (κ1) is 14.8. The first-order valence-electron chi connectivity index (χ1n) is 4.33. The minimum absolute atomic E-state index is 0. The normalized spacial score (nSPS) is 17.3. The Kier molecular flexibility index (Phi) is 6.37. The van der Waals surface area contributed by atoms with Gasteiger partial charge >= 0.3 is 29.6 Å². The summed E-state index contributed by atoms with van der Waals surface area (Å²) in [4.78, 5) is 0. The van der Waals surface area contributed by atoms with Gasteiger partial charge in [0.1, 0.15) is 12.7 Å². The summed E-state index contributed by atoms with van der Waals surface area (Å²) in [5.74, 6) is 1.49. The first-order chi connectivity index (χ1) is 6.29. The van der Waals surface area contributed by atoms with Crippen LogP contribution in [0.25, 0.3) is 0 Å². The molecule has 1 unspecified atom stereocenters. The van der Waals surface area contributed by atoms with Crippen molar-refractivity contribution >= 4 is 8.41 Å². The summed E-state index contributed by atoms with van der Waals surface area (Å²) in [6.45, 7) is 2.57. The molecule has 74 valence electrons. The van der Waals surface area contributed by atoms with E-state index in [4.69, 9.17) is 14.6 Å². The van der Waals surface area contributed by atoms with E-state index in [1.54, 1.807) is 6.07 Å². The van der Waals surface area contributed by atoms with Crippen molar-refractivity contribution in [3.8, 4) is 11.5 Å². The molecule has 5 heteroatoms.